The molecule has 8 nitrogen and oxygen atoms in total. The van der Waals surface area contributed by atoms with Gasteiger partial charge in [-0.1, -0.05) is 44.2 Å². The fourth-order valence-corrected chi connectivity index (χ4v) is 4.69. The number of ether oxygens (including phenoxy) is 1. The van der Waals surface area contributed by atoms with Gasteiger partial charge >= 0.3 is 12.3 Å². The molecule has 1 heterocycles. The summed E-state index contributed by atoms with van der Waals surface area (Å²) in [5, 5.41) is 4.74. The van der Waals surface area contributed by atoms with Crippen LogP contribution in [0.4, 0.5) is 18.0 Å². The predicted molar refractivity (Wildman–Crippen MR) is 129 cm³/mol. The van der Waals surface area contributed by atoms with Gasteiger partial charge in [0.2, 0.25) is 11.8 Å². The quantitative estimate of drug-likeness (QED) is 0.534. The number of carbonyl (C=O) groups excluding carboxylic acids is 4. The summed E-state index contributed by atoms with van der Waals surface area (Å²) in [4.78, 5) is 51.9. The molecule has 0 aliphatic carbocycles. The Hall–Kier alpha value is -2.76. The number of thioether (sulfide) groups is 1. The molecule has 3 atom stereocenters. The molecule has 0 radical (unpaired) electrons. The number of nitrogens with zero attached hydrogens (tertiary/aromatic N) is 1. The van der Waals surface area contributed by atoms with Crippen molar-refractivity contribution in [3.05, 3.63) is 35.9 Å². The summed E-state index contributed by atoms with van der Waals surface area (Å²) in [7, 11) is 0. The SMILES string of the molecule is CC(C)[C@H](NC(=O)OC(C)(C)C)C(=O)N1CSC[C@H]1C(=O)NC(Cc1ccccc1)C(=O)C(F)(F)F. The highest BCUT2D eigenvalue weighted by Crippen LogP contribution is 2.25. The van der Waals surface area contributed by atoms with Crippen molar-refractivity contribution in [2.75, 3.05) is 11.6 Å². The number of ketones is 1. The van der Waals surface area contributed by atoms with Crippen LogP contribution in [0.15, 0.2) is 30.3 Å². The molecular weight excluding hydrogens is 499 g/mol. The summed E-state index contributed by atoms with van der Waals surface area (Å²) in [6.45, 7) is 8.42. The van der Waals surface area contributed by atoms with E-state index in [1.54, 1.807) is 65.0 Å². The van der Waals surface area contributed by atoms with E-state index in [2.05, 4.69) is 10.6 Å². The molecule has 3 amide bonds. The van der Waals surface area contributed by atoms with Gasteiger partial charge in [0.15, 0.2) is 0 Å². The van der Waals surface area contributed by atoms with Gasteiger partial charge in [0.1, 0.15) is 23.7 Å². The van der Waals surface area contributed by atoms with Crippen molar-refractivity contribution in [1.29, 1.82) is 0 Å². The van der Waals surface area contributed by atoms with Gasteiger partial charge in [0.25, 0.3) is 5.78 Å². The Morgan fingerprint density at radius 1 is 1.08 bits per heavy atom. The Bertz CT molecular complexity index is 951. The van der Waals surface area contributed by atoms with Crippen LogP contribution in [-0.4, -0.2) is 70.1 Å². The van der Waals surface area contributed by atoms with Crippen molar-refractivity contribution in [2.45, 2.75) is 70.9 Å². The monoisotopic (exact) mass is 531 g/mol. The Labute approximate surface area is 212 Å². The zero-order valence-electron chi connectivity index (χ0n) is 20.8. The van der Waals surface area contributed by atoms with E-state index in [4.69, 9.17) is 4.74 Å². The minimum Gasteiger partial charge on any atom is -0.444 e. The molecule has 2 rings (SSSR count). The number of Topliss-reactive ketones (excluding diaryl/α,β-unsaturated/α-hetero) is 1. The van der Waals surface area contributed by atoms with Crippen molar-refractivity contribution in [1.82, 2.24) is 15.5 Å². The van der Waals surface area contributed by atoms with Crippen LogP contribution in [0.1, 0.15) is 40.2 Å². The molecule has 0 aromatic heterocycles. The van der Waals surface area contributed by atoms with Crippen LogP contribution in [-0.2, 0) is 25.5 Å². The lowest BCUT2D eigenvalue weighted by Crippen LogP contribution is -2.58. The summed E-state index contributed by atoms with van der Waals surface area (Å²) >= 11 is 1.24. The first kappa shape index (κ1) is 29.5. The van der Waals surface area contributed by atoms with Gasteiger partial charge in [-0.15, -0.1) is 11.8 Å². The molecule has 2 N–H and O–H groups in total. The van der Waals surface area contributed by atoms with Gasteiger partial charge in [-0.25, -0.2) is 4.79 Å². The number of hydrogen-bond acceptors (Lipinski definition) is 6. The molecule has 1 aliphatic heterocycles. The average Bonchev–Trinajstić information content (AvgIpc) is 3.25. The molecule has 1 aromatic carbocycles. The molecular formula is C24H32F3N3O5S. The number of rotatable bonds is 8. The van der Waals surface area contributed by atoms with E-state index < -0.39 is 53.6 Å². The third kappa shape index (κ3) is 8.42. The first-order chi connectivity index (χ1) is 16.6. The van der Waals surface area contributed by atoms with Gasteiger partial charge in [-0.2, -0.15) is 13.2 Å². The molecule has 1 aliphatic rings. The number of amides is 3. The van der Waals surface area contributed by atoms with Crippen LogP contribution < -0.4 is 10.6 Å². The largest absolute Gasteiger partial charge is 0.452 e. The van der Waals surface area contributed by atoms with Gasteiger partial charge in [-0.3, -0.25) is 14.4 Å². The normalized spacial score (nSPS) is 17.9. The van der Waals surface area contributed by atoms with Crippen LogP contribution in [0.25, 0.3) is 0 Å². The number of halogens is 3. The number of benzene rings is 1. The number of alkyl halides is 3. The average molecular weight is 532 g/mol. The lowest BCUT2D eigenvalue weighted by Gasteiger charge is -2.31. The Balaban J connectivity index is 2.19. The van der Waals surface area contributed by atoms with Crippen molar-refractivity contribution in [3.63, 3.8) is 0 Å². The second-order valence-electron chi connectivity index (χ2n) is 9.80. The molecule has 1 aromatic rings. The number of carbonyl (C=O) groups is 4. The van der Waals surface area contributed by atoms with Crippen LogP contribution in [0.2, 0.25) is 0 Å². The molecule has 0 spiro atoms. The van der Waals surface area contributed by atoms with Crippen LogP contribution in [0.5, 0.6) is 0 Å². The van der Waals surface area contributed by atoms with Crippen molar-refractivity contribution in [2.24, 2.45) is 5.92 Å². The fourth-order valence-electron chi connectivity index (χ4n) is 3.53. The molecule has 200 valence electrons. The van der Waals surface area contributed by atoms with Gasteiger partial charge in [-0.05, 0) is 32.3 Å². The maximum atomic E-state index is 13.3. The van der Waals surface area contributed by atoms with Gasteiger partial charge in [0.05, 0.1) is 5.88 Å². The van der Waals surface area contributed by atoms with Gasteiger partial charge in [0, 0.05) is 12.2 Å². The van der Waals surface area contributed by atoms with E-state index in [-0.39, 0.29) is 24.0 Å². The third-order valence-electron chi connectivity index (χ3n) is 5.27. The summed E-state index contributed by atoms with van der Waals surface area (Å²) in [5.74, 6) is -3.64. The maximum absolute atomic E-state index is 13.3. The summed E-state index contributed by atoms with van der Waals surface area (Å²) < 4.78 is 45.0. The first-order valence-electron chi connectivity index (χ1n) is 11.4. The van der Waals surface area contributed by atoms with Crippen molar-refractivity contribution >= 4 is 35.5 Å². The van der Waals surface area contributed by atoms with Crippen LogP contribution in [0.3, 0.4) is 0 Å². The highest BCUT2D eigenvalue weighted by atomic mass is 32.2. The van der Waals surface area contributed by atoms with E-state index in [0.29, 0.717) is 5.56 Å². The lowest BCUT2D eigenvalue weighted by atomic mass is 10.0. The summed E-state index contributed by atoms with van der Waals surface area (Å²) in [6.07, 6.45) is -6.30. The van der Waals surface area contributed by atoms with E-state index >= 15 is 0 Å². The van der Waals surface area contributed by atoms with E-state index in [0.717, 1.165) is 0 Å². The van der Waals surface area contributed by atoms with E-state index in [1.807, 2.05) is 0 Å². The van der Waals surface area contributed by atoms with Crippen molar-refractivity contribution < 1.29 is 37.1 Å². The first-order valence-corrected chi connectivity index (χ1v) is 12.6. The maximum Gasteiger partial charge on any atom is 0.452 e. The minimum absolute atomic E-state index is 0.104. The second kappa shape index (κ2) is 12.0. The number of alkyl carbamates (subject to hydrolysis) is 1. The smallest absolute Gasteiger partial charge is 0.444 e. The molecule has 1 unspecified atom stereocenters. The predicted octanol–water partition coefficient (Wildman–Crippen LogP) is 3.30. The fraction of sp³-hybridized carbons (Fsp3) is 0.583. The highest BCUT2D eigenvalue weighted by Gasteiger charge is 2.46. The molecule has 1 saturated heterocycles. The van der Waals surface area contributed by atoms with Crippen LogP contribution in [0, 0.1) is 5.92 Å². The highest BCUT2D eigenvalue weighted by molar-refractivity contribution is 7.99. The number of hydrogen-bond donors (Lipinski definition) is 2. The Kier molecular flexibility index (Phi) is 9.81. The zero-order valence-corrected chi connectivity index (χ0v) is 21.7. The molecule has 0 saturated carbocycles. The number of nitrogens with one attached hydrogen (secondary N) is 2. The Morgan fingerprint density at radius 3 is 2.22 bits per heavy atom. The van der Waals surface area contributed by atoms with E-state index in [9.17, 15) is 32.3 Å². The summed E-state index contributed by atoms with van der Waals surface area (Å²) in [5.41, 5.74) is -0.352. The van der Waals surface area contributed by atoms with Crippen LogP contribution >= 0.6 is 11.8 Å². The molecule has 1 fully saturated rings. The molecule has 36 heavy (non-hydrogen) atoms. The van der Waals surface area contributed by atoms with Crippen molar-refractivity contribution in [3.8, 4) is 0 Å². The lowest BCUT2D eigenvalue weighted by molar-refractivity contribution is -0.173. The zero-order chi connectivity index (χ0) is 27.3. The second-order valence-corrected chi connectivity index (χ2v) is 10.8. The van der Waals surface area contributed by atoms with Gasteiger partial charge < -0.3 is 20.3 Å². The van der Waals surface area contributed by atoms with E-state index in [1.165, 1.54) is 16.7 Å². The molecule has 0 bridgehead atoms. The Morgan fingerprint density at radius 2 is 1.69 bits per heavy atom. The summed E-state index contributed by atoms with van der Waals surface area (Å²) in [6, 6.07) is 4.04. The topological polar surface area (TPSA) is 105 Å². The minimum atomic E-state index is -5.15. The molecule has 12 heteroatoms. The standard InChI is InChI=1S/C24H32F3N3O5S/c1-14(2)18(29-22(34)35-23(3,4)5)21(33)30-13-36-12-17(30)20(32)28-16(19(31)24(25,26)27)11-15-9-7-6-8-10-15/h6-10,14,16-18H,11-13H2,1-5H3,(H,28,32)(H,29,34)/t16?,17-,18-/m0/s1. The third-order valence-corrected chi connectivity index (χ3v) is 6.28.